The van der Waals surface area contributed by atoms with Crippen molar-refractivity contribution in [1.82, 2.24) is 0 Å². The lowest BCUT2D eigenvalue weighted by molar-refractivity contribution is -0.136. The van der Waals surface area contributed by atoms with Gasteiger partial charge in [-0.25, -0.2) is 0 Å². The van der Waals surface area contributed by atoms with E-state index >= 15 is 0 Å². The smallest absolute Gasteiger partial charge is 0.307 e. The van der Waals surface area contributed by atoms with E-state index in [1.54, 1.807) is 11.3 Å². The van der Waals surface area contributed by atoms with Gasteiger partial charge in [0.2, 0.25) is 0 Å². The molecule has 3 aromatic rings. The fraction of sp³-hybridized carbons (Fsp3) is 0.250. The molecular weight excluding hydrogens is 320 g/mol. The third-order valence-electron chi connectivity index (χ3n) is 4.54. The summed E-state index contributed by atoms with van der Waals surface area (Å²) in [6.07, 6.45) is -0.00997. The van der Waals surface area contributed by atoms with Crippen molar-refractivity contribution in [2.75, 3.05) is 6.61 Å². The van der Waals surface area contributed by atoms with Crippen LogP contribution < -0.4 is 0 Å². The fourth-order valence-electron chi connectivity index (χ4n) is 3.42. The first-order valence-electron chi connectivity index (χ1n) is 8.07. The van der Waals surface area contributed by atoms with Gasteiger partial charge in [-0.05, 0) is 28.1 Å². The molecule has 0 spiro atoms. The number of carboxylic acid groups (broad SMARTS) is 1. The molecule has 24 heavy (non-hydrogen) atoms. The van der Waals surface area contributed by atoms with E-state index in [0.717, 1.165) is 11.1 Å². The highest BCUT2D eigenvalue weighted by Gasteiger charge is 2.30. The highest BCUT2D eigenvalue weighted by atomic mass is 32.1. The Morgan fingerprint density at radius 3 is 2.71 bits per heavy atom. The molecule has 1 aromatic heterocycles. The van der Waals surface area contributed by atoms with Gasteiger partial charge in [0.1, 0.15) is 6.10 Å². The summed E-state index contributed by atoms with van der Waals surface area (Å²) in [7, 11) is 0. The van der Waals surface area contributed by atoms with Crippen LogP contribution in [0.3, 0.4) is 0 Å². The average Bonchev–Trinajstić information content (AvgIpc) is 2.96. The molecule has 3 nitrogen and oxygen atoms in total. The zero-order valence-corrected chi connectivity index (χ0v) is 14.2. The Kier molecular flexibility index (Phi) is 3.87. The van der Waals surface area contributed by atoms with Gasteiger partial charge in [0.15, 0.2) is 0 Å². The molecular formula is C20H18O3S. The number of hydrogen-bond donors (Lipinski definition) is 1. The molecule has 2 unspecified atom stereocenters. The first kappa shape index (κ1) is 15.4. The van der Waals surface area contributed by atoms with Crippen molar-refractivity contribution in [2.45, 2.75) is 25.4 Å². The van der Waals surface area contributed by atoms with Crippen molar-refractivity contribution >= 4 is 27.4 Å². The van der Waals surface area contributed by atoms with Crippen molar-refractivity contribution in [1.29, 1.82) is 0 Å². The summed E-state index contributed by atoms with van der Waals surface area (Å²) in [5.41, 5.74) is 3.30. The predicted molar refractivity (Wildman–Crippen MR) is 95.8 cm³/mol. The van der Waals surface area contributed by atoms with Crippen molar-refractivity contribution in [3.8, 4) is 0 Å². The lowest BCUT2D eigenvalue weighted by atomic mass is 9.91. The third-order valence-corrected chi connectivity index (χ3v) is 5.77. The van der Waals surface area contributed by atoms with E-state index < -0.39 is 5.97 Å². The molecule has 2 atom stereocenters. The van der Waals surface area contributed by atoms with Crippen LogP contribution in [0.1, 0.15) is 40.5 Å². The van der Waals surface area contributed by atoms with Crippen LogP contribution >= 0.6 is 11.3 Å². The number of aliphatic carboxylic acids is 1. The van der Waals surface area contributed by atoms with Crippen LogP contribution in [-0.2, 0) is 16.0 Å². The monoisotopic (exact) mass is 338 g/mol. The number of carboxylic acids is 1. The summed E-state index contributed by atoms with van der Waals surface area (Å²) >= 11 is 1.80. The largest absolute Gasteiger partial charge is 0.481 e. The molecule has 1 aliphatic rings. The molecule has 4 heteroatoms. The molecule has 1 aliphatic heterocycles. The van der Waals surface area contributed by atoms with Gasteiger partial charge >= 0.3 is 5.97 Å². The first-order valence-corrected chi connectivity index (χ1v) is 8.88. The van der Waals surface area contributed by atoms with Crippen molar-refractivity contribution in [2.24, 2.45) is 0 Å². The number of thiophene rings is 1. The maximum Gasteiger partial charge on any atom is 0.307 e. The molecule has 0 fully saturated rings. The molecule has 2 aromatic carbocycles. The summed E-state index contributed by atoms with van der Waals surface area (Å²) in [6, 6.07) is 16.3. The molecule has 0 radical (unpaired) electrons. The van der Waals surface area contributed by atoms with E-state index in [1.807, 2.05) is 24.3 Å². The molecule has 0 amide bonds. The number of benzene rings is 2. The molecule has 0 aliphatic carbocycles. The molecule has 2 heterocycles. The summed E-state index contributed by atoms with van der Waals surface area (Å²) < 4.78 is 7.45. The number of ether oxygens (including phenoxy) is 1. The Labute approximate surface area is 144 Å². The van der Waals surface area contributed by atoms with Gasteiger partial charge in [-0.3, -0.25) is 4.79 Å². The van der Waals surface area contributed by atoms with E-state index in [2.05, 4.69) is 31.2 Å². The SMILES string of the molecule is CC1COC(c2ccc(CC(=O)O)cc2)c2sc3ccccc3c21. The van der Waals surface area contributed by atoms with Gasteiger partial charge in [-0.1, -0.05) is 49.4 Å². The lowest BCUT2D eigenvalue weighted by Crippen LogP contribution is -2.18. The Bertz CT molecular complexity index is 895. The van der Waals surface area contributed by atoms with E-state index in [-0.39, 0.29) is 12.5 Å². The second-order valence-corrected chi connectivity index (χ2v) is 7.39. The quantitative estimate of drug-likeness (QED) is 0.749. The average molecular weight is 338 g/mol. The van der Waals surface area contributed by atoms with Gasteiger partial charge in [0.05, 0.1) is 13.0 Å². The van der Waals surface area contributed by atoms with Gasteiger partial charge < -0.3 is 9.84 Å². The highest BCUT2D eigenvalue weighted by Crippen LogP contribution is 2.46. The van der Waals surface area contributed by atoms with E-state index in [4.69, 9.17) is 9.84 Å². The van der Waals surface area contributed by atoms with E-state index in [1.165, 1.54) is 20.5 Å². The first-order chi connectivity index (χ1) is 11.6. The number of rotatable bonds is 3. The third kappa shape index (κ3) is 2.62. The van der Waals surface area contributed by atoms with Crippen LogP contribution in [0.25, 0.3) is 10.1 Å². The second-order valence-electron chi connectivity index (χ2n) is 6.30. The van der Waals surface area contributed by atoms with E-state index in [9.17, 15) is 4.79 Å². The number of fused-ring (bicyclic) bond motifs is 3. The number of carbonyl (C=O) groups is 1. The zero-order chi connectivity index (χ0) is 16.7. The minimum Gasteiger partial charge on any atom is -0.481 e. The maximum atomic E-state index is 10.8. The molecule has 122 valence electrons. The van der Waals surface area contributed by atoms with Crippen LogP contribution in [0.2, 0.25) is 0 Å². The minimum absolute atomic E-state index is 0.0526. The zero-order valence-electron chi connectivity index (χ0n) is 13.4. The second kappa shape index (κ2) is 6.04. The molecule has 4 rings (SSSR count). The van der Waals surface area contributed by atoms with Gasteiger partial charge in [0.25, 0.3) is 0 Å². The predicted octanol–water partition coefficient (Wildman–Crippen LogP) is 4.75. The molecule has 0 saturated heterocycles. The Balaban J connectivity index is 1.75. The van der Waals surface area contributed by atoms with Gasteiger partial charge in [-0.2, -0.15) is 0 Å². The van der Waals surface area contributed by atoms with Crippen molar-refractivity contribution in [3.05, 3.63) is 70.1 Å². The topological polar surface area (TPSA) is 46.5 Å². The summed E-state index contributed by atoms with van der Waals surface area (Å²) in [5.74, 6) is -0.420. The van der Waals surface area contributed by atoms with Gasteiger partial charge in [-0.15, -0.1) is 11.3 Å². The minimum atomic E-state index is -0.808. The van der Waals surface area contributed by atoms with Crippen LogP contribution in [0, 0.1) is 0 Å². The summed E-state index contributed by atoms with van der Waals surface area (Å²) in [4.78, 5) is 12.1. The number of hydrogen-bond acceptors (Lipinski definition) is 3. The lowest BCUT2D eigenvalue weighted by Gasteiger charge is -2.28. The van der Waals surface area contributed by atoms with Crippen molar-refractivity contribution < 1.29 is 14.6 Å². The van der Waals surface area contributed by atoms with Crippen LogP contribution in [0.4, 0.5) is 0 Å². The molecule has 1 N–H and O–H groups in total. The van der Waals surface area contributed by atoms with Gasteiger partial charge in [0, 0.05) is 15.5 Å². The van der Waals surface area contributed by atoms with Crippen molar-refractivity contribution in [3.63, 3.8) is 0 Å². The van der Waals surface area contributed by atoms with E-state index in [0.29, 0.717) is 12.5 Å². The summed E-state index contributed by atoms with van der Waals surface area (Å²) in [6.45, 7) is 2.92. The molecule has 0 saturated carbocycles. The Morgan fingerprint density at radius 1 is 1.21 bits per heavy atom. The fourth-order valence-corrected chi connectivity index (χ4v) is 4.82. The normalized spacial score (nSPS) is 20.0. The Hall–Kier alpha value is -2.17. The summed E-state index contributed by atoms with van der Waals surface area (Å²) in [5, 5.41) is 10.2. The highest BCUT2D eigenvalue weighted by molar-refractivity contribution is 7.19. The molecule has 0 bridgehead atoms. The standard InChI is InChI=1S/C20H18O3S/c1-12-11-23-19(14-8-6-13(7-9-14)10-17(21)22)20-18(12)15-4-2-3-5-16(15)24-20/h2-9,12,19H,10-11H2,1H3,(H,21,22). The Morgan fingerprint density at radius 2 is 1.96 bits per heavy atom. The van der Waals surface area contributed by atoms with Crippen LogP contribution in [0.5, 0.6) is 0 Å². The maximum absolute atomic E-state index is 10.8. The van der Waals surface area contributed by atoms with Crippen LogP contribution in [-0.4, -0.2) is 17.7 Å². The van der Waals surface area contributed by atoms with Crippen LogP contribution in [0.15, 0.2) is 48.5 Å².